The first-order valence-corrected chi connectivity index (χ1v) is 9.58. The Morgan fingerprint density at radius 3 is 2.68 bits per heavy atom. The predicted molar refractivity (Wildman–Crippen MR) is 92.5 cm³/mol. The molecule has 0 aliphatic carbocycles. The first-order valence-electron chi connectivity index (χ1n) is 7.38. The fourth-order valence-corrected chi connectivity index (χ4v) is 5.00. The molecule has 0 radical (unpaired) electrons. The van der Waals surface area contributed by atoms with Gasteiger partial charge in [-0.15, -0.1) is 0 Å². The third-order valence-corrected chi connectivity index (χ3v) is 6.36. The molecule has 1 saturated heterocycles. The maximum atomic E-state index is 12.0. The summed E-state index contributed by atoms with van der Waals surface area (Å²) in [6.07, 6.45) is 0.916. The Morgan fingerprint density at radius 1 is 1.27 bits per heavy atom. The number of thioether (sulfide) groups is 2. The number of nitrogens with one attached hydrogen (secondary N) is 1. The van der Waals surface area contributed by atoms with Crippen molar-refractivity contribution >= 4 is 35.4 Å². The fourth-order valence-electron chi connectivity index (χ4n) is 2.32. The average molecular weight is 339 g/mol. The lowest BCUT2D eigenvalue weighted by atomic mass is 9.99. The monoisotopic (exact) mass is 339 g/mol. The minimum atomic E-state index is -0.869. The smallest absolute Gasteiger partial charge is 0.308 e. The number of carbonyl (C=O) groups excluding carboxylic acids is 1. The molecule has 1 aliphatic rings. The zero-order chi connectivity index (χ0) is 15.8. The van der Waals surface area contributed by atoms with Crippen molar-refractivity contribution in [1.29, 1.82) is 0 Å². The van der Waals surface area contributed by atoms with Crippen LogP contribution in [0.25, 0.3) is 0 Å². The number of rotatable bonds is 7. The summed E-state index contributed by atoms with van der Waals surface area (Å²) in [4.78, 5) is 23.3. The molecule has 2 N–H and O–H groups in total. The zero-order valence-electron chi connectivity index (χ0n) is 12.4. The van der Waals surface area contributed by atoms with Crippen LogP contribution >= 0.6 is 23.5 Å². The molecule has 0 bridgehead atoms. The van der Waals surface area contributed by atoms with Crippen LogP contribution < -0.4 is 5.32 Å². The van der Waals surface area contributed by atoms with Crippen LogP contribution in [0.3, 0.4) is 0 Å². The summed E-state index contributed by atoms with van der Waals surface area (Å²) in [5.74, 6) is 1.76. The Bertz CT molecular complexity index is 489. The largest absolute Gasteiger partial charge is 0.481 e. The zero-order valence-corrected chi connectivity index (χ0v) is 14.0. The highest BCUT2D eigenvalue weighted by Crippen LogP contribution is 2.26. The van der Waals surface area contributed by atoms with E-state index in [1.165, 1.54) is 0 Å². The van der Waals surface area contributed by atoms with Crippen molar-refractivity contribution in [3.63, 3.8) is 0 Å². The molecule has 0 spiro atoms. The van der Waals surface area contributed by atoms with E-state index in [-0.39, 0.29) is 12.5 Å². The van der Waals surface area contributed by atoms with Crippen LogP contribution in [-0.2, 0) is 16.0 Å². The standard InChI is InChI=1S/C16H21NO3S2/c18-15(9-14-11-21-6-7-22-14)17-10-13(16(19)20)8-12-4-2-1-3-5-12/h1-5,13-14H,6-11H2,(H,17,18)(H,19,20). The topological polar surface area (TPSA) is 66.4 Å². The molecule has 0 saturated carbocycles. The molecule has 1 fully saturated rings. The number of amides is 1. The van der Waals surface area contributed by atoms with E-state index in [1.54, 1.807) is 0 Å². The number of carboxylic acids is 1. The summed E-state index contributed by atoms with van der Waals surface area (Å²) in [5, 5.41) is 12.5. The molecule has 2 atom stereocenters. The normalized spacial score (nSPS) is 19.4. The first-order chi connectivity index (χ1) is 10.6. The highest BCUT2D eigenvalue weighted by atomic mass is 32.2. The second kappa shape index (κ2) is 9.10. The van der Waals surface area contributed by atoms with Gasteiger partial charge >= 0.3 is 5.97 Å². The second-order valence-electron chi connectivity index (χ2n) is 5.30. The second-order valence-corrected chi connectivity index (χ2v) is 7.86. The number of carbonyl (C=O) groups is 2. The Labute approximate surface area is 139 Å². The van der Waals surface area contributed by atoms with Gasteiger partial charge in [-0.3, -0.25) is 9.59 Å². The van der Waals surface area contributed by atoms with Crippen molar-refractivity contribution in [3.05, 3.63) is 35.9 Å². The van der Waals surface area contributed by atoms with E-state index in [0.717, 1.165) is 22.8 Å². The Morgan fingerprint density at radius 2 is 2.05 bits per heavy atom. The molecule has 2 rings (SSSR count). The van der Waals surface area contributed by atoms with Crippen molar-refractivity contribution in [2.75, 3.05) is 23.8 Å². The van der Waals surface area contributed by atoms with E-state index in [1.807, 2.05) is 53.9 Å². The van der Waals surface area contributed by atoms with Gasteiger partial charge in [0.1, 0.15) is 0 Å². The number of hydrogen-bond acceptors (Lipinski definition) is 4. The Kier molecular flexibility index (Phi) is 7.12. The van der Waals surface area contributed by atoms with Gasteiger partial charge in [-0.2, -0.15) is 23.5 Å². The molecule has 0 aromatic heterocycles. The summed E-state index contributed by atoms with van der Waals surface area (Å²) < 4.78 is 0. The van der Waals surface area contributed by atoms with Crippen LogP contribution in [-0.4, -0.2) is 46.0 Å². The molecule has 4 nitrogen and oxygen atoms in total. The van der Waals surface area contributed by atoms with E-state index < -0.39 is 11.9 Å². The SMILES string of the molecule is O=C(CC1CSCCS1)NCC(Cc1ccccc1)C(=O)O. The molecule has 1 aliphatic heterocycles. The maximum Gasteiger partial charge on any atom is 0.308 e. The van der Waals surface area contributed by atoms with Gasteiger partial charge in [-0.1, -0.05) is 30.3 Å². The first kappa shape index (κ1) is 17.2. The molecule has 1 aromatic carbocycles. The Balaban J connectivity index is 1.78. The van der Waals surface area contributed by atoms with Crippen LogP contribution in [0.15, 0.2) is 30.3 Å². The predicted octanol–water partition coefficient (Wildman–Crippen LogP) is 2.28. The minimum absolute atomic E-state index is 0.0423. The molecule has 1 amide bonds. The quantitative estimate of drug-likeness (QED) is 0.798. The van der Waals surface area contributed by atoms with Gasteiger partial charge in [0.15, 0.2) is 0 Å². The van der Waals surface area contributed by atoms with Crippen molar-refractivity contribution in [2.45, 2.75) is 18.1 Å². The highest BCUT2D eigenvalue weighted by Gasteiger charge is 2.21. The summed E-state index contributed by atoms with van der Waals surface area (Å²) >= 11 is 3.72. The van der Waals surface area contributed by atoms with E-state index in [2.05, 4.69) is 5.32 Å². The highest BCUT2D eigenvalue weighted by molar-refractivity contribution is 8.06. The third-order valence-electron chi connectivity index (χ3n) is 3.52. The lowest BCUT2D eigenvalue weighted by Crippen LogP contribution is -2.35. The van der Waals surface area contributed by atoms with E-state index in [4.69, 9.17) is 0 Å². The van der Waals surface area contributed by atoms with Crippen LogP contribution in [0.5, 0.6) is 0 Å². The van der Waals surface area contributed by atoms with Gasteiger partial charge in [-0.05, 0) is 12.0 Å². The van der Waals surface area contributed by atoms with Gasteiger partial charge in [0.25, 0.3) is 0 Å². The van der Waals surface area contributed by atoms with Gasteiger partial charge in [0, 0.05) is 35.5 Å². The van der Waals surface area contributed by atoms with Gasteiger partial charge < -0.3 is 10.4 Å². The number of benzene rings is 1. The maximum absolute atomic E-state index is 12.0. The third kappa shape index (κ3) is 5.93. The van der Waals surface area contributed by atoms with Crippen LogP contribution in [0.2, 0.25) is 0 Å². The molecule has 1 heterocycles. The number of carboxylic acid groups (broad SMARTS) is 1. The summed E-state index contributed by atoms with van der Waals surface area (Å²) in [6.45, 7) is 0.188. The van der Waals surface area contributed by atoms with Crippen molar-refractivity contribution in [1.82, 2.24) is 5.32 Å². The van der Waals surface area contributed by atoms with Crippen LogP contribution in [0.1, 0.15) is 12.0 Å². The summed E-state index contributed by atoms with van der Waals surface area (Å²) in [7, 11) is 0. The van der Waals surface area contributed by atoms with Crippen molar-refractivity contribution < 1.29 is 14.7 Å². The van der Waals surface area contributed by atoms with Gasteiger partial charge in [-0.25, -0.2) is 0 Å². The molecular weight excluding hydrogens is 318 g/mol. The molecule has 120 valence electrons. The molecule has 22 heavy (non-hydrogen) atoms. The Hall–Kier alpha value is -1.14. The molecule has 2 unspecified atom stereocenters. The van der Waals surface area contributed by atoms with E-state index >= 15 is 0 Å². The van der Waals surface area contributed by atoms with Crippen LogP contribution in [0.4, 0.5) is 0 Å². The van der Waals surface area contributed by atoms with Crippen LogP contribution in [0, 0.1) is 5.92 Å². The van der Waals surface area contributed by atoms with E-state index in [0.29, 0.717) is 18.1 Å². The molecule has 1 aromatic rings. The van der Waals surface area contributed by atoms with E-state index in [9.17, 15) is 14.7 Å². The fraction of sp³-hybridized carbons (Fsp3) is 0.500. The van der Waals surface area contributed by atoms with Gasteiger partial charge in [0.2, 0.25) is 5.91 Å². The lowest BCUT2D eigenvalue weighted by molar-refractivity contribution is -0.141. The van der Waals surface area contributed by atoms with Crippen molar-refractivity contribution in [3.8, 4) is 0 Å². The van der Waals surface area contributed by atoms with Gasteiger partial charge in [0.05, 0.1) is 5.92 Å². The summed E-state index contributed by atoms with van der Waals surface area (Å²) in [5.41, 5.74) is 0.975. The summed E-state index contributed by atoms with van der Waals surface area (Å²) in [6, 6.07) is 9.51. The average Bonchev–Trinajstić information content (AvgIpc) is 2.53. The number of aliphatic carboxylic acids is 1. The number of hydrogen-bond donors (Lipinski definition) is 2. The molecular formula is C16H21NO3S2. The molecule has 6 heteroatoms. The lowest BCUT2D eigenvalue weighted by Gasteiger charge is -2.21. The van der Waals surface area contributed by atoms with Crippen molar-refractivity contribution in [2.24, 2.45) is 5.92 Å². The minimum Gasteiger partial charge on any atom is -0.481 e.